The first-order valence-electron chi connectivity index (χ1n) is 2.91. The van der Waals surface area contributed by atoms with E-state index in [1.165, 1.54) is 0 Å². The quantitative estimate of drug-likeness (QED) is 0.715. The van der Waals surface area contributed by atoms with Crippen LogP contribution in [0.4, 0.5) is 26.3 Å². The molecule has 0 aliphatic carbocycles. The third-order valence-electron chi connectivity index (χ3n) is 1.16. The summed E-state index contributed by atoms with van der Waals surface area (Å²) in [6, 6.07) is 0. The van der Waals surface area contributed by atoms with Gasteiger partial charge in [0.1, 0.15) is 6.61 Å². The van der Waals surface area contributed by atoms with Crippen LogP contribution in [0, 0.1) is 0 Å². The number of alkyl halides is 6. The van der Waals surface area contributed by atoms with Crippen molar-refractivity contribution in [2.24, 2.45) is 0 Å². The number of hydrogen-bond donors (Lipinski definition) is 1. The Morgan fingerprint density at radius 2 is 1.46 bits per heavy atom. The van der Waals surface area contributed by atoms with Crippen molar-refractivity contribution in [1.82, 2.24) is 0 Å². The molecule has 0 radical (unpaired) electrons. The van der Waals surface area contributed by atoms with Gasteiger partial charge in [-0.2, -0.15) is 26.3 Å². The van der Waals surface area contributed by atoms with E-state index in [-0.39, 0.29) is 0 Å². The molecule has 0 aliphatic rings. The van der Waals surface area contributed by atoms with Crippen LogP contribution in [0.5, 0.6) is 0 Å². The van der Waals surface area contributed by atoms with Crippen LogP contribution in [0.1, 0.15) is 0 Å². The summed E-state index contributed by atoms with van der Waals surface area (Å²) in [5, 5.41) is 7.49. The average Bonchev–Trinajstić information content (AvgIpc) is 1.84. The van der Waals surface area contributed by atoms with E-state index in [4.69, 9.17) is 5.11 Å². The molecule has 80 valence electrons. The van der Waals surface area contributed by atoms with Gasteiger partial charge in [-0.1, -0.05) is 0 Å². The summed E-state index contributed by atoms with van der Waals surface area (Å²) >= 11 is 0. The minimum Gasteiger partial charge on any atom is -0.378 e. The summed E-state index contributed by atoms with van der Waals surface area (Å²) in [5.74, 6) is -11.0. The molecule has 1 N–H and O–H groups in total. The first kappa shape index (κ1) is 12.5. The van der Waals surface area contributed by atoms with E-state index >= 15 is 0 Å². The molecule has 0 aromatic heterocycles. The molecule has 0 aromatic rings. The van der Waals surface area contributed by atoms with Crippen molar-refractivity contribution < 1.29 is 36.2 Å². The summed E-state index contributed by atoms with van der Waals surface area (Å²) in [6.07, 6.45) is -5.78. The third kappa shape index (κ3) is 2.25. The molecule has 0 heterocycles. The minimum absolute atomic E-state index is 0.638. The van der Waals surface area contributed by atoms with Crippen LogP contribution in [0.3, 0.4) is 0 Å². The summed E-state index contributed by atoms with van der Waals surface area (Å²) < 4.78 is 75.3. The summed E-state index contributed by atoms with van der Waals surface area (Å²) in [7, 11) is 0.638. The normalized spacial score (nSPS) is 14.8. The van der Waals surface area contributed by atoms with Crippen molar-refractivity contribution in [2.45, 2.75) is 18.0 Å². The smallest absolute Gasteiger partial charge is 0.378 e. The first-order chi connectivity index (χ1) is 5.56. The summed E-state index contributed by atoms with van der Waals surface area (Å²) in [4.78, 5) is 0. The topological polar surface area (TPSA) is 29.5 Å². The van der Waals surface area contributed by atoms with Crippen LogP contribution < -0.4 is 0 Å². The number of ether oxygens (including phenoxy) is 1. The Kier molecular flexibility index (Phi) is 3.21. The highest BCUT2D eigenvalue weighted by Crippen LogP contribution is 2.44. The van der Waals surface area contributed by atoms with E-state index in [1.54, 1.807) is 0 Å². The van der Waals surface area contributed by atoms with Gasteiger partial charge in [-0.3, -0.25) is 0 Å². The molecule has 8 heteroatoms. The van der Waals surface area contributed by atoms with Gasteiger partial charge in [0.05, 0.1) is 0 Å². The van der Waals surface area contributed by atoms with Crippen molar-refractivity contribution >= 4 is 0 Å². The first-order valence-corrected chi connectivity index (χ1v) is 2.91. The number of aliphatic hydroxyl groups is 1. The lowest BCUT2D eigenvalue weighted by molar-refractivity contribution is -0.388. The van der Waals surface area contributed by atoms with E-state index in [0.717, 1.165) is 0 Å². The lowest BCUT2D eigenvalue weighted by Gasteiger charge is -2.28. The van der Waals surface area contributed by atoms with Crippen LogP contribution in [-0.2, 0) is 4.74 Å². The number of hydrogen-bond acceptors (Lipinski definition) is 2. The zero-order valence-corrected chi connectivity index (χ0v) is 6.33. The Labute approximate surface area is 69.1 Å². The molecule has 0 unspecified atom stereocenters. The van der Waals surface area contributed by atoms with Crippen molar-refractivity contribution in [1.29, 1.82) is 0 Å². The number of rotatable bonds is 4. The van der Waals surface area contributed by atoms with Crippen molar-refractivity contribution in [2.75, 3.05) is 13.7 Å². The maximum atomic E-state index is 12.2. The molecule has 0 rings (SSSR count). The van der Waals surface area contributed by atoms with Gasteiger partial charge in [0, 0.05) is 7.11 Å². The summed E-state index contributed by atoms with van der Waals surface area (Å²) in [6.45, 7) is -1.91. The van der Waals surface area contributed by atoms with Gasteiger partial charge in [0.2, 0.25) is 0 Å². The third-order valence-corrected chi connectivity index (χ3v) is 1.16. The molecular weight excluding hydrogens is 206 g/mol. The molecule has 0 atom stereocenters. The van der Waals surface area contributed by atoms with Gasteiger partial charge in [0.25, 0.3) is 0 Å². The van der Waals surface area contributed by atoms with Gasteiger partial charge >= 0.3 is 18.0 Å². The van der Waals surface area contributed by atoms with Gasteiger partial charge in [-0.05, 0) is 0 Å². The second kappa shape index (κ2) is 3.33. The van der Waals surface area contributed by atoms with Crippen LogP contribution >= 0.6 is 0 Å². The van der Waals surface area contributed by atoms with Gasteiger partial charge in [0.15, 0.2) is 0 Å². The maximum Gasteiger partial charge on any atom is 0.423 e. The van der Waals surface area contributed by atoms with Gasteiger partial charge in [-0.25, -0.2) is 0 Å². The SMILES string of the molecule is COCC(F)(F)C(F)(F)C(O)(F)F. The highest BCUT2D eigenvalue weighted by molar-refractivity contribution is 4.90. The maximum absolute atomic E-state index is 12.2. The summed E-state index contributed by atoms with van der Waals surface area (Å²) in [5.41, 5.74) is 0. The molecule has 0 saturated carbocycles. The fourth-order valence-electron chi connectivity index (χ4n) is 0.492. The molecule has 0 amide bonds. The molecular formula is C5H6F6O2. The Hall–Kier alpha value is -0.500. The molecule has 0 saturated heterocycles. The highest BCUT2D eigenvalue weighted by atomic mass is 19.3. The van der Waals surface area contributed by atoms with Crippen molar-refractivity contribution in [3.05, 3.63) is 0 Å². The Balaban J connectivity index is 4.81. The minimum atomic E-state index is -5.85. The molecule has 0 aliphatic heterocycles. The standard InChI is InChI=1S/C5H6F6O2/c1-13-2-3(6,7)4(8,9)5(10,11)12/h12H,2H2,1H3. The largest absolute Gasteiger partial charge is 0.423 e. The van der Waals surface area contributed by atoms with E-state index in [0.29, 0.717) is 7.11 Å². The van der Waals surface area contributed by atoms with E-state index < -0.39 is 24.6 Å². The highest BCUT2D eigenvalue weighted by Gasteiger charge is 2.71. The van der Waals surface area contributed by atoms with Crippen molar-refractivity contribution in [3.63, 3.8) is 0 Å². The lowest BCUT2D eigenvalue weighted by atomic mass is 10.1. The van der Waals surface area contributed by atoms with Crippen LogP contribution in [0.15, 0.2) is 0 Å². The monoisotopic (exact) mass is 212 g/mol. The van der Waals surface area contributed by atoms with Crippen LogP contribution in [0.2, 0.25) is 0 Å². The lowest BCUT2D eigenvalue weighted by Crippen LogP contribution is -2.56. The molecule has 0 fully saturated rings. The predicted octanol–water partition coefficient (Wildman–Crippen LogP) is 1.49. The second-order valence-corrected chi connectivity index (χ2v) is 2.25. The van der Waals surface area contributed by atoms with E-state index in [9.17, 15) is 26.3 Å². The van der Waals surface area contributed by atoms with Gasteiger partial charge < -0.3 is 9.84 Å². The molecule has 13 heavy (non-hydrogen) atoms. The molecule has 2 nitrogen and oxygen atoms in total. The fourth-order valence-corrected chi connectivity index (χ4v) is 0.492. The van der Waals surface area contributed by atoms with Gasteiger partial charge in [-0.15, -0.1) is 0 Å². The molecule has 0 aromatic carbocycles. The van der Waals surface area contributed by atoms with E-state index in [2.05, 4.69) is 4.74 Å². The number of halogens is 6. The molecule has 0 spiro atoms. The van der Waals surface area contributed by atoms with E-state index in [1.807, 2.05) is 0 Å². The van der Waals surface area contributed by atoms with Crippen molar-refractivity contribution in [3.8, 4) is 0 Å². The van der Waals surface area contributed by atoms with Crippen LogP contribution in [-0.4, -0.2) is 36.8 Å². The number of methoxy groups -OCH3 is 1. The van der Waals surface area contributed by atoms with Crippen LogP contribution in [0.25, 0.3) is 0 Å². The Morgan fingerprint density at radius 1 is 1.08 bits per heavy atom. The Bertz CT molecular complexity index is 174. The predicted molar refractivity (Wildman–Crippen MR) is 28.9 cm³/mol. The Morgan fingerprint density at radius 3 is 1.69 bits per heavy atom. The molecule has 0 bridgehead atoms. The zero-order chi connectivity index (χ0) is 10.9. The zero-order valence-electron chi connectivity index (χ0n) is 6.33. The average molecular weight is 212 g/mol. The fraction of sp³-hybridized carbons (Fsp3) is 1.00. The second-order valence-electron chi connectivity index (χ2n) is 2.25.